The van der Waals surface area contributed by atoms with Crippen molar-refractivity contribution in [2.24, 2.45) is 0 Å². The number of sulfonamides is 1. The van der Waals surface area contributed by atoms with Crippen molar-refractivity contribution in [1.82, 2.24) is 4.31 Å². The normalized spacial score (nSPS) is 12.3. The van der Waals surface area contributed by atoms with E-state index < -0.39 is 16.1 Å². The second-order valence-corrected chi connectivity index (χ2v) is 8.44. The molecular formula is C19H22N4O3S. The van der Waals surface area contributed by atoms with Crippen LogP contribution in [0.15, 0.2) is 47.4 Å². The van der Waals surface area contributed by atoms with E-state index in [0.29, 0.717) is 22.5 Å². The van der Waals surface area contributed by atoms with Crippen LogP contribution in [0.5, 0.6) is 0 Å². The summed E-state index contributed by atoms with van der Waals surface area (Å²) in [6, 6.07) is 12.9. The minimum Gasteiger partial charge on any atom is -0.374 e. The molecule has 27 heavy (non-hydrogen) atoms. The van der Waals surface area contributed by atoms with E-state index in [1.165, 1.54) is 20.2 Å². The number of nitriles is 1. The average Bonchev–Trinajstić information content (AvgIpc) is 2.63. The zero-order valence-electron chi connectivity index (χ0n) is 15.6. The van der Waals surface area contributed by atoms with Crippen molar-refractivity contribution in [1.29, 1.82) is 5.26 Å². The third kappa shape index (κ3) is 4.84. The van der Waals surface area contributed by atoms with Gasteiger partial charge in [0.05, 0.1) is 16.5 Å². The summed E-state index contributed by atoms with van der Waals surface area (Å²) in [4.78, 5) is 12.6. The molecule has 0 aliphatic rings. The third-order valence-electron chi connectivity index (χ3n) is 3.98. The molecule has 0 fully saturated rings. The van der Waals surface area contributed by atoms with Crippen LogP contribution in [0.25, 0.3) is 0 Å². The molecule has 2 N–H and O–H groups in total. The number of hydrogen-bond acceptors (Lipinski definition) is 5. The average molecular weight is 386 g/mol. The van der Waals surface area contributed by atoms with Crippen LogP contribution in [0.2, 0.25) is 0 Å². The first-order valence-electron chi connectivity index (χ1n) is 8.26. The first-order chi connectivity index (χ1) is 12.6. The van der Waals surface area contributed by atoms with E-state index in [2.05, 4.69) is 10.6 Å². The maximum absolute atomic E-state index is 12.4. The molecule has 7 nitrogen and oxygen atoms in total. The predicted octanol–water partition coefficient (Wildman–Crippen LogP) is 2.56. The van der Waals surface area contributed by atoms with Crippen LogP contribution in [-0.4, -0.2) is 38.8 Å². The van der Waals surface area contributed by atoms with Crippen molar-refractivity contribution in [2.75, 3.05) is 24.7 Å². The van der Waals surface area contributed by atoms with Crippen LogP contribution < -0.4 is 10.6 Å². The summed E-state index contributed by atoms with van der Waals surface area (Å²) in [6.45, 7) is 3.39. The second kappa shape index (κ2) is 8.20. The fourth-order valence-corrected chi connectivity index (χ4v) is 3.54. The third-order valence-corrected chi connectivity index (χ3v) is 5.94. The predicted molar refractivity (Wildman–Crippen MR) is 105 cm³/mol. The van der Waals surface area contributed by atoms with Gasteiger partial charge in [-0.3, -0.25) is 4.79 Å². The highest BCUT2D eigenvalue weighted by Crippen LogP contribution is 2.23. The number of nitrogens with one attached hydrogen (secondary N) is 2. The molecule has 1 amide bonds. The van der Waals surface area contributed by atoms with E-state index in [4.69, 9.17) is 5.26 Å². The lowest BCUT2D eigenvalue weighted by molar-refractivity contribution is -0.116. The van der Waals surface area contributed by atoms with Gasteiger partial charge in [0.15, 0.2) is 0 Å². The van der Waals surface area contributed by atoms with E-state index >= 15 is 0 Å². The number of carbonyl (C=O) groups is 1. The Morgan fingerprint density at radius 2 is 1.85 bits per heavy atom. The van der Waals surface area contributed by atoms with E-state index in [1.807, 2.05) is 6.07 Å². The Kier molecular flexibility index (Phi) is 6.20. The van der Waals surface area contributed by atoms with Gasteiger partial charge in [0, 0.05) is 25.5 Å². The van der Waals surface area contributed by atoms with Crippen molar-refractivity contribution in [3.05, 3.63) is 53.6 Å². The molecule has 2 aromatic rings. The first kappa shape index (κ1) is 20.4. The highest BCUT2D eigenvalue weighted by molar-refractivity contribution is 7.89. The summed E-state index contributed by atoms with van der Waals surface area (Å²) in [5, 5.41) is 14.7. The standard InChI is InChI=1S/C19H22N4O3S/c1-13-8-9-17(11-18(13)27(25,26)23(3)4)21-14(2)19(24)22-16-7-5-6-15(10-16)12-20/h5-11,14,21H,1-4H3,(H,22,24)/t14-/m0/s1. The van der Waals surface area contributed by atoms with Crippen LogP contribution in [0.4, 0.5) is 11.4 Å². The Bertz CT molecular complexity index is 994. The fourth-order valence-electron chi connectivity index (χ4n) is 2.40. The molecule has 142 valence electrons. The van der Waals surface area contributed by atoms with Crippen LogP contribution in [0, 0.1) is 18.3 Å². The number of nitrogens with zero attached hydrogens (tertiary/aromatic N) is 2. The van der Waals surface area contributed by atoms with Gasteiger partial charge in [0.1, 0.15) is 6.04 Å². The molecule has 0 bridgehead atoms. The smallest absolute Gasteiger partial charge is 0.246 e. The van der Waals surface area contributed by atoms with Gasteiger partial charge in [-0.05, 0) is 49.7 Å². The van der Waals surface area contributed by atoms with Gasteiger partial charge in [-0.1, -0.05) is 12.1 Å². The number of anilines is 2. The Hall–Kier alpha value is -2.89. The van der Waals surface area contributed by atoms with Gasteiger partial charge >= 0.3 is 0 Å². The van der Waals surface area contributed by atoms with E-state index in [1.54, 1.807) is 50.2 Å². The van der Waals surface area contributed by atoms with Gasteiger partial charge in [0.2, 0.25) is 15.9 Å². The molecule has 0 spiro atoms. The highest BCUT2D eigenvalue weighted by Gasteiger charge is 2.21. The Labute approximate surface area is 159 Å². The molecule has 0 unspecified atom stereocenters. The maximum atomic E-state index is 12.4. The van der Waals surface area contributed by atoms with Gasteiger partial charge in [0.25, 0.3) is 0 Å². The number of hydrogen-bond donors (Lipinski definition) is 2. The van der Waals surface area contributed by atoms with E-state index in [-0.39, 0.29) is 10.8 Å². The summed E-state index contributed by atoms with van der Waals surface area (Å²) >= 11 is 0. The molecule has 2 aromatic carbocycles. The lowest BCUT2D eigenvalue weighted by Crippen LogP contribution is -2.32. The quantitative estimate of drug-likeness (QED) is 0.794. The summed E-state index contributed by atoms with van der Waals surface area (Å²) in [5.74, 6) is -0.303. The summed E-state index contributed by atoms with van der Waals surface area (Å²) < 4.78 is 26.0. The molecule has 0 saturated carbocycles. The largest absolute Gasteiger partial charge is 0.374 e. The topological polar surface area (TPSA) is 102 Å². The lowest BCUT2D eigenvalue weighted by Gasteiger charge is -2.18. The molecule has 0 heterocycles. The van der Waals surface area contributed by atoms with E-state index in [9.17, 15) is 13.2 Å². The van der Waals surface area contributed by atoms with Gasteiger partial charge in [-0.25, -0.2) is 12.7 Å². The van der Waals surface area contributed by atoms with Gasteiger partial charge in [-0.15, -0.1) is 0 Å². The number of amides is 1. The van der Waals surface area contributed by atoms with Crippen LogP contribution in [0.3, 0.4) is 0 Å². The van der Waals surface area contributed by atoms with Crippen LogP contribution in [0.1, 0.15) is 18.1 Å². The molecule has 0 radical (unpaired) electrons. The monoisotopic (exact) mass is 386 g/mol. The van der Waals surface area contributed by atoms with Crippen LogP contribution >= 0.6 is 0 Å². The Morgan fingerprint density at radius 3 is 2.48 bits per heavy atom. The number of carbonyl (C=O) groups excluding carboxylic acids is 1. The second-order valence-electron chi connectivity index (χ2n) is 6.32. The summed E-state index contributed by atoms with van der Waals surface area (Å²) in [5.41, 5.74) is 2.12. The molecule has 0 aliphatic heterocycles. The summed E-state index contributed by atoms with van der Waals surface area (Å²) in [6.07, 6.45) is 0. The molecule has 0 aliphatic carbocycles. The number of benzene rings is 2. The Balaban J connectivity index is 2.16. The van der Waals surface area contributed by atoms with Crippen molar-refractivity contribution in [3.63, 3.8) is 0 Å². The molecular weight excluding hydrogens is 364 g/mol. The van der Waals surface area contributed by atoms with Crippen molar-refractivity contribution in [2.45, 2.75) is 24.8 Å². The van der Waals surface area contributed by atoms with Crippen molar-refractivity contribution in [3.8, 4) is 6.07 Å². The molecule has 8 heteroatoms. The van der Waals surface area contributed by atoms with Gasteiger partial charge < -0.3 is 10.6 Å². The SMILES string of the molecule is Cc1ccc(N[C@@H](C)C(=O)Nc2cccc(C#N)c2)cc1S(=O)(=O)N(C)C. The van der Waals surface area contributed by atoms with E-state index in [0.717, 1.165) is 4.31 Å². The molecule has 2 rings (SSSR count). The molecule has 0 saturated heterocycles. The summed E-state index contributed by atoms with van der Waals surface area (Å²) in [7, 11) is -0.635. The molecule has 1 atom stereocenters. The highest BCUT2D eigenvalue weighted by atomic mass is 32.2. The van der Waals surface area contributed by atoms with Gasteiger partial charge in [-0.2, -0.15) is 5.26 Å². The van der Waals surface area contributed by atoms with Crippen LogP contribution in [-0.2, 0) is 14.8 Å². The number of aryl methyl sites for hydroxylation is 1. The first-order valence-corrected chi connectivity index (χ1v) is 9.70. The van der Waals surface area contributed by atoms with Crippen molar-refractivity contribution < 1.29 is 13.2 Å². The zero-order valence-corrected chi connectivity index (χ0v) is 16.5. The fraction of sp³-hybridized carbons (Fsp3) is 0.263. The molecule has 0 aromatic heterocycles. The van der Waals surface area contributed by atoms with Crippen molar-refractivity contribution >= 4 is 27.3 Å². The minimum atomic E-state index is -3.58. The lowest BCUT2D eigenvalue weighted by atomic mass is 10.2. The Morgan fingerprint density at radius 1 is 1.15 bits per heavy atom. The zero-order chi connectivity index (χ0) is 20.2. The number of rotatable bonds is 6. The minimum absolute atomic E-state index is 0.187. The maximum Gasteiger partial charge on any atom is 0.246 e.